The number of nitrogens with zero attached hydrogens (tertiary/aromatic N) is 2. The number of methoxy groups -OCH3 is 1. The number of aliphatic hydroxyl groups is 1. The highest BCUT2D eigenvalue weighted by Gasteiger charge is 2.47. The molecular weight excluding hydrogens is 372 g/mol. The van der Waals surface area contributed by atoms with E-state index >= 15 is 0 Å². The molecule has 0 unspecified atom stereocenters. The minimum atomic E-state index is -0.761. The first kappa shape index (κ1) is 20.7. The third kappa shape index (κ3) is 4.05. The molecule has 2 heterocycles. The summed E-state index contributed by atoms with van der Waals surface area (Å²) < 4.78 is 10.7. The molecule has 154 valence electrons. The zero-order chi connectivity index (χ0) is 21.0. The highest BCUT2D eigenvalue weighted by atomic mass is 16.5. The predicted octanol–water partition coefficient (Wildman–Crippen LogP) is 3.05. The lowest BCUT2D eigenvalue weighted by molar-refractivity contribution is -0.140. The van der Waals surface area contributed by atoms with Crippen LogP contribution in [0.1, 0.15) is 31.2 Å². The summed E-state index contributed by atoms with van der Waals surface area (Å²) in [5.74, 6) is -0.492. The van der Waals surface area contributed by atoms with Gasteiger partial charge in [0.05, 0.1) is 18.9 Å². The van der Waals surface area contributed by atoms with Crippen molar-refractivity contribution in [3.8, 4) is 5.75 Å². The molecule has 1 atom stereocenters. The molecule has 0 saturated carbocycles. The van der Waals surface area contributed by atoms with Crippen LogP contribution in [0.15, 0.2) is 52.7 Å². The molecule has 29 heavy (non-hydrogen) atoms. The minimum Gasteiger partial charge on any atom is -0.507 e. The molecular formula is C22H26N2O5. The summed E-state index contributed by atoms with van der Waals surface area (Å²) in [7, 11) is 1.55. The fourth-order valence-corrected chi connectivity index (χ4v) is 3.55. The van der Waals surface area contributed by atoms with Gasteiger partial charge in [-0.15, -0.1) is 0 Å². The summed E-state index contributed by atoms with van der Waals surface area (Å²) in [6.07, 6.45) is 1.49. The smallest absolute Gasteiger partial charge is 0.295 e. The topological polar surface area (TPSA) is 83.2 Å². The van der Waals surface area contributed by atoms with E-state index in [2.05, 4.69) is 4.90 Å². The van der Waals surface area contributed by atoms with Crippen LogP contribution in [0.25, 0.3) is 5.76 Å². The number of likely N-dealkylation sites (tertiary alicyclic amines) is 1. The van der Waals surface area contributed by atoms with Gasteiger partial charge in [-0.05, 0) is 49.5 Å². The number of aliphatic hydroxyl groups excluding tert-OH is 1. The first-order valence-corrected chi connectivity index (χ1v) is 9.70. The van der Waals surface area contributed by atoms with Crippen molar-refractivity contribution < 1.29 is 23.8 Å². The zero-order valence-electron chi connectivity index (χ0n) is 16.9. The lowest BCUT2D eigenvalue weighted by Crippen LogP contribution is -2.37. The Bertz CT molecular complexity index is 882. The fourth-order valence-electron chi connectivity index (χ4n) is 3.55. The summed E-state index contributed by atoms with van der Waals surface area (Å²) in [6.45, 7) is 6.77. The number of rotatable bonds is 8. The molecule has 0 spiro atoms. The normalized spacial score (nSPS) is 18.6. The molecule has 3 rings (SSSR count). The van der Waals surface area contributed by atoms with Gasteiger partial charge in [0.25, 0.3) is 11.7 Å². The van der Waals surface area contributed by atoms with E-state index in [1.165, 1.54) is 11.2 Å². The Morgan fingerprint density at radius 3 is 2.41 bits per heavy atom. The number of carbonyl (C=O) groups excluding carboxylic acids is 2. The maximum atomic E-state index is 12.9. The molecule has 0 radical (unpaired) electrons. The van der Waals surface area contributed by atoms with Crippen molar-refractivity contribution in [1.29, 1.82) is 0 Å². The number of benzene rings is 1. The van der Waals surface area contributed by atoms with E-state index in [1.54, 1.807) is 43.5 Å². The molecule has 7 heteroatoms. The van der Waals surface area contributed by atoms with Crippen LogP contribution in [0.3, 0.4) is 0 Å². The average molecular weight is 398 g/mol. The van der Waals surface area contributed by atoms with Gasteiger partial charge in [-0.2, -0.15) is 0 Å². The van der Waals surface area contributed by atoms with E-state index in [4.69, 9.17) is 9.15 Å². The van der Waals surface area contributed by atoms with E-state index in [9.17, 15) is 14.7 Å². The van der Waals surface area contributed by atoms with Gasteiger partial charge in [-0.1, -0.05) is 13.8 Å². The monoisotopic (exact) mass is 398 g/mol. The number of amides is 1. The molecule has 1 fully saturated rings. The number of likely N-dealkylation sites (N-methyl/N-ethyl adjacent to an activating group) is 1. The standard InChI is InChI=1S/C22H26N2O5/c1-4-23(5-2)12-13-24-19(17-7-6-14-29-17)18(21(26)22(24)27)20(25)15-8-10-16(28-3)11-9-15/h6-11,14,19,25H,4-5,12-13H2,1-3H3/b20-18+/t19-/m0/s1. The third-order valence-electron chi connectivity index (χ3n) is 5.27. The highest BCUT2D eigenvalue weighted by Crippen LogP contribution is 2.39. The van der Waals surface area contributed by atoms with Crippen molar-refractivity contribution in [3.63, 3.8) is 0 Å². The van der Waals surface area contributed by atoms with Crippen LogP contribution in [0.5, 0.6) is 5.75 Å². The Kier molecular flexibility index (Phi) is 6.39. The molecule has 1 aromatic carbocycles. The van der Waals surface area contributed by atoms with Crippen LogP contribution in [0, 0.1) is 0 Å². The molecule has 1 aliphatic rings. The van der Waals surface area contributed by atoms with Crippen molar-refractivity contribution >= 4 is 17.4 Å². The molecule has 1 aliphatic heterocycles. The lowest BCUT2D eigenvalue weighted by Gasteiger charge is -2.26. The van der Waals surface area contributed by atoms with E-state index in [-0.39, 0.29) is 11.3 Å². The van der Waals surface area contributed by atoms with Gasteiger partial charge in [0.15, 0.2) is 0 Å². The second-order valence-corrected chi connectivity index (χ2v) is 6.76. The number of ether oxygens (including phenoxy) is 1. The van der Waals surface area contributed by atoms with E-state index in [1.807, 2.05) is 13.8 Å². The van der Waals surface area contributed by atoms with Gasteiger partial charge in [-0.3, -0.25) is 9.59 Å². The maximum Gasteiger partial charge on any atom is 0.295 e. The van der Waals surface area contributed by atoms with Gasteiger partial charge >= 0.3 is 0 Å². The molecule has 1 aromatic heterocycles. The Morgan fingerprint density at radius 2 is 1.86 bits per heavy atom. The SMILES string of the molecule is CCN(CC)CCN1C(=O)C(=O)/C(=C(/O)c2ccc(OC)cc2)[C@@H]1c1ccco1. The van der Waals surface area contributed by atoms with Crippen LogP contribution < -0.4 is 4.74 Å². The van der Waals surface area contributed by atoms with E-state index in [0.717, 1.165) is 13.1 Å². The fraction of sp³-hybridized carbons (Fsp3) is 0.364. The summed E-state index contributed by atoms with van der Waals surface area (Å²) in [5, 5.41) is 10.9. The average Bonchev–Trinajstić information content (AvgIpc) is 3.36. The predicted molar refractivity (Wildman–Crippen MR) is 108 cm³/mol. The Balaban J connectivity index is 2.02. The maximum absolute atomic E-state index is 12.9. The lowest BCUT2D eigenvalue weighted by atomic mass is 9.99. The van der Waals surface area contributed by atoms with Crippen LogP contribution in [-0.2, 0) is 9.59 Å². The second-order valence-electron chi connectivity index (χ2n) is 6.76. The molecule has 7 nitrogen and oxygen atoms in total. The minimum absolute atomic E-state index is 0.0367. The highest BCUT2D eigenvalue weighted by molar-refractivity contribution is 6.46. The van der Waals surface area contributed by atoms with Gasteiger partial charge in [0.1, 0.15) is 23.3 Å². The van der Waals surface area contributed by atoms with E-state index in [0.29, 0.717) is 30.2 Å². The van der Waals surface area contributed by atoms with Crippen LogP contribution in [0.2, 0.25) is 0 Å². The Morgan fingerprint density at radius 1 is 1.17 bits per heavy atom. The number of ketones is 1. The molecule has 0 bridgehead atoms. The van der Waals surface area contributed by atoms with Crippen molar-refractivity contribution in [2.75, 3.05) is 33.3 Å². The molecule has 1 saturated heterocycles. The van der Waals surface area contributed by atoms with Crippen molar-refractivity contribution in [3.05, 3.63) is 59.6 Å². The molecule has 2 aromatic rings. The first-order valence-electron chi connectivity index (χ1n) is 9.70. The number of carbonyl (C=O) groups is 2. The molecule has 1 amide bonds. The van der Waals surface area contributed by atoms with Crippen LogP contribution >= 0.6 is 0 Å². The van der Waals surface area contributed by atoms with Crippen LogP contribution in [0.4, 0.5) is 0 Å². The summed E-state index contributed by atoms with van der Waals surface area (Å²) >= 11 is 0. The number of furan rings is 1. The first-order chi connectivity index (χ1) is 14.0. The van der Waals surface area contributed by atoms with Gasteiger partial charge in [0, 0.05) is 18.7 Å². The van der Waals surface area contributed by atoms with Crippen molar-refractivity contribution in [1.82, 2.24) is 9.80 Å². The largest absolute Gasteiger partial charge is 0.507 e. The second kappa shape index (κ2) is 8.96. The Labute approximate surface area is 170 Å². The number of hydrogen-bond acceptors (Lipinski definition) is 6. The van der Waals surface area contributed by atoms with Gasteiger partial charge in [-0.25, -0.2) is 0 Å². The zero-order valence-corrected chi connectivity index (χ0v) is 16.9. The van der Waals surface area contributed by atoms with Crippen LogP contribution in [-0.4, -0.2) is 59.9 Å². The number of Topliss-reactive ketones (excluding diaryl/α,β-unsaturated/α-hetero) is 1. The number of hydrogen-bond donors (Lipinski definition) is 1. The van der Waals surface area contributed by atoms with Crippen molar-refractivity contribution in [2.45, 2.75) is 19.9 Å². The third-order valence-corrected chi connectivity index (χ3v) is 5.27. The molecule has 0 aliphatic carbocycles. The van der Waals surface area contributed by atoms with Gasteiger partial charge < -0.3 is 24.1 Å². The van der Waals surface area contributed by atoms with Crippen molar-refractivity contribution in [2.24, 2.45) is 0 Å². The van der Waals surface area contributed by atoms with E-state index < -0.39 is 17.7 Å². The quantitative estimate of drug-likeness (QED) is 0.418. The summed E-state index contributed by atoms with van der Waals surface area (Å²) in [4.78, 5) is 29.3. The van der Waals surface area contributed by atoms with Gasteiger partial charge in [0.2, 0.25) is 0 Å². The summed E-state index contributed by atoms with van der Waals surface area (Å²) in [5.41, 5.74) is 0.471. The molecule has 1 N–H and O–H groups in total. The Hall–Kier alpha value is -3.06. The summed E-state index contributed by atoms with van der Waals surface area (Å²) in [6, 6.07) is 9.33.